The van der Waals surface area contributed by atoms with Gasteiger partial charge in [-0.3, -0.25) is 19.3 Å². The number of carboxylic acids is 1. The van der Waals surface area contributed by atoms with Gasteiger partial charge in [-0.15, -0.1) is 0 Å². The highest BCUT2D eigenvalue weighted by Crippen LogP contribution is 2.02. The van der Waals surface area contributed by atoms with Gasteiger partial charge in [0.2, 0.25) is 5.91 Å². The van der Waals surface area contributed by atoms with Crippen LogP contribution in [0, 0.1) is 0 Å². The molecule has 0 spiro atoms. The second-order valence-corrected chi connectivity index (χ2v) is 5.80. The molecule has 0 saturated heterocycles. The Bertz CT molecular complexity index is 531. The van der Waals surface area contributed by atoms with Crippen LogP contribution in [0.2, 0.25) is 0 Å². The van der Waals surface area contributed by atoms with Gasteiger partial charge in [0.05, 0.1) is 19.6 Å². The van der Waals surface area contributed by atoms with E-state index >= 15 is 0 Å². The van der Waals surface area contributed by atoms with Crippen LogP contribution in [-0.4, -0.2) is 47.3 Å². The van der Waals surface area contributed by atoms with Crippen LogP contribution in [0.15, 0.2) is 30.3 Å². The van der Waals surface area contributed by atoms with Crippen molar-refractivity contribution in [3.8, 4) is 0 Å². The molecule has 0 aliphatic heterocycles. The zero-order chi connectivity index (χ0) is 17.8. The van der Waals surface area contributed by atoms with Crippen molar-refractivity contribution in [2.75, 3.05) is 19.6 Å². The summed E-state index contributed by atoms with van der Waals surface area (Å²) in [6, 6.07) is 9.45. The largest absolute Gasteiger partial charge is 0.480 e. The molecule has 0 fully saturated rings. The summed E-state index contributed by atoms with van der Waals surface area (Å²) in [6.07, 6.45) is 3.22. The Hall–Kier alpha value is -2.21. The molecule has 0 radical (unpaired) electrons. The Morgan fingerprint density at radius 1 is 1.04 bits per heavy atom. The van der Waals surface area contributed by atoms with Gasteiger partial charge in [0.1, 0.15) is 5.78 Å². The lowest BCUT2D eigenvalue weighted by molar-refractivity contribution is -0.139. The average Bonchev–Trinajstić information content (AvgIpc) is 2.53. The number of carboxylic acid groups (broad SMARTS) is 1. The SMILES string of the molecule is CCCCCC(=O)CN(CC(=O)O)CC(=O)NCc1ccccc1. The molecule has 1 aromatic carbocycles. The zero-order valence-corrected chi connectivity index (χ0v) is 14.2. The predicted octanol–water partition coefficient (Wildman–Crippen LogP) is 1.84. The minimum absolute atomic E-state index is 0.00519. The number of nitrogens with zero attached hydrogens (tertiary/aromatic N) is 1. The maximum atomic E-state index is 12.0. The van der Waals surface area contributed by atoms with E-state index in [0.29, 0.717) is 13.0 Å². The number of benzene rings is 1. The Kier molecular flexibility index (Phi) is 9.38. The lowest BCUT2D eigenvalue weighted by atomic mass is 10.1. The summed E-state index contributed by atoms with van der Waals surface area (Å²) in [5.41, 5.74) is 0.964. The number of carbonyl (C=O) groups excluding carboxylic acids is 2. The van der Waals surface area contributed by atoms with Crippen molar-refractivity contribution >= 4 is 17.7 Å². The third kappa shape index (κ3) is 9.05. The molecule has 0 heterocycles. The quantitative estimate of drug-likeness (QED) is 0.570. The Morgan fingerprint density at radius 2 is 1.75 bits per heavy atom. The van der Waals surface area contributed by atoms with Crippen molar-refractivity contribution in [2.24, 2.45) is 0 Å². The smallest absolute Gasteiger partial charge is 0.317 e. The third-order valence-corrected chi connectivity index (χ3v) is 3.52. The molecular weight excluding hydrogens is 308 g/mol. The Balaban J connectivity index is 2.44. The van der Waals surface area contributed by atoms with Crippen LogP contribution in [0.25, 0.3) is 0 Å². The maximum Gasteiger partial charge on any atom is 0.317 e. The van der Waals surface area contributed by atoms with Crippen LogP contribution >= 0.6 is 0 Å². The predicted molar refractivity (Wildman–Crippen MR) is 91.5 cm³/mol. The molecule has 0 aromatic heterocycles. The van der Waals surface area contributed by atoms with E-state index in [1.54, 1.807) is 0 Å². The summed E-state index contributed by atoms with van der Waals surface area (Å²) in [7, 11) is 0. The van der Waals surface area contributed by atoms with Crippen LogP contribution in [0.5, 0.6) is 0 Å². The van der Waals surface area contributed by atoms with E-state index in [2.05, 4.69) is 12.2 Å². The van der Waals surface area contributed by atoms with Crippen molar-refractivity contribution in [3.05, 3.63) is 35.9 Å². The molecular formula is C18H26N2O4. The molecule has 1 aromatic rings. The fourth-order valence-electron chi connectivity index (χ4n) is 2.32. The summed E-state index contributed by atoms with van der Waals surface area (Å²) in [5, 5.41) is 11.7. The first-order valence-corrected chi connectivity index (χ1v) is 8.27. The van der Waals surface area contributed by atoms with Gasteiger partial charge in [-0.2, -0.15) is 0 Å². The van der Waals surface area contributed by atoms with E-state index < -0.39 is 5.97 Å². The standard InChI is InChI=1S/C18H26N2O4/c1-2-3-5-10-16(21)12-20(14-18(23)24)13-17(22)19-11-15-8-6-4-7-9-15/h4,6-9H,2-3,5,10-14H2,1H3,(H,19,22)(H,23,24). The molecule has 0 atom stereocenters. The fourth-order valence-corrected chi connectivity index (χ4v) is 2.32. The van der Waals surface area contributed by atoms with Crippen LogP contribution < -0.4 is 5.32 Å². The molecule has 0 unspecified atom stereocenters. The average molecular weight is 334 g/mol. The van der Waals surface area contributed by atoms with Crippen LogP contribution in [0.1, 0.15) is 38.2 Å². The molecule has 6 nitrogen and oxygen atoms in total. The van der Waals surface area contributed by atoms with Crippen molar-refractivity contribution in [3.63, 3.8) is 0 Å². The highest BCUT2D eigenvalue weighted by Gasteiger charge is 2.17. The summed E-state index contributed by atoms with van der Waals surface area (Å²) in [6.45, 7) is 2.01. The number of ketones is 1. The van der Waals surface area contributed by atoms with Crippen LogP contribution in [0.4, 0.5) is 0 Å². The first-order chi connectivity index (χ1) is 11.5. The molecule has 132 valence electrons. The molecule has 2 N–H and O–H groups in total. The van der Waals surface area contributed by atoms with Gasteiger partial charge in [0, 0.05) is 13.0 Å². The molecule has 1 rings (SSSR count). The molecule has 0 aliphatic rings. The Labute approximate surface area is 142 Å². The second-order valence-electron chi connectivity index (χ2n) is 5.80. The molecule has 24 heavy (non-hydrogen) atoms. The summed E-state index contributed by atoms with van der Waals surface area (Å²) >= 11 is 0. The van der Waals surface area contributed by atoms with Crippen LogP contribution in [-0.2, 0) is 20.9 Å². The first-order valence-electron chi connectivity index (χ1n) is 8.27. The summed E-state index contributed by atoms with van der Waals surface area (Å²) in [4.78, 5) is 36.2. The van der Waals surface area contributed by atoms with Crippen LogP contribution in [0.3, 0.4) is 0 Å². The summed E-state index contributed by atoms with van der Waals surface area (Å²) in [5.74, 6) is -1.37. The number of hydrogen-bond acceptors (Lipinski definition) is 4. The van der Waals surface area contributed by atoms with Crippen molar-refractivity contribution in [2.45, 2.75) is 39.2 Å². The van der Waals surface area contributed by atoms with Gasteiger partial charge in [0.25, 0.3) is 0 Å². The number of nitrogens with one attached hydrogen (secondary N) is 1. The monoisotopic (exact) mass is 334 g/mol. The second kappa shape index (κ2) is 11.3. The molecule has 0 saturated carbocycles. The highest BCUT2D eigenvalue weighted by molar-refractivity contribution is 5.83. The fraction of sp³-hybridized carbons (Fsp3) is 0.500. The lowest BCUT2D eigenvalue weighted by Gasteiger charge is -2.19. The van der Waals surface area contributed by atoms with E-state index in [1.807, 2.05) is 30.3 Å². The van der Waals surface area contributed by atoms with Gasteiger partial charge in [-0.25, -0.2) is 0 Å². The molecule has 0 aliphatic carbocycles. The topological polar surface area (TPSA) is 86.7 Å². The van der Waals surface area contributed by atoms with Crippen molar-refractivity contribution in [1.29, 1.82) is 0 Å². The lowest BCUT2D eigenvalue weighted by Crippen LogP contribution is -2.42. The van der Waals surface area contributed by atoms with E-state index in [0.717, 1.165) is 24.8 Å². The maximum absolute atomic E-state index is 12.0. The minimum Gasteiger partial charge on any atom is -0.480 e. The molecule has 0 bridgehead atoms. The molecule has 6 heteroatoms. The third-order valence-electron chi connectivity index (χ3n) is 3.52. The van der Waals surface area contributed by atoms with Gasteiger partial charge >= 0.3 is 5.97 Å². The Morgan fingerprint density at radius 3 is 2.38 bits per heavy atom. The molecule has 1 amide bonds. The van der Waals surface area contributed by atoms with E-state index in [1.165, 1.54) is 4.90 Å². The number of rotatable bonds is 12. The van der Waals surface area contributed by atoms with Gasteiger partial charge in [0.15, 0.2) is 0 Å². The van der Waals surface area contributed by atoms with E-state index in [-0.39, 0.29) is 31.3 Å². The van der Waals surface area contributed by atoms with Gasteiger partial charge in [-0.1, -0.05) is 50.1 Å². The van der Waals surface area contributed by atoms with Crippen molar-refractivity contribution in [1.82, 2.24) is 10.2 Å². The number of amides is 1. The van der Waals surface area contributed by atoms with Gasteiger partial charge < -0.3 is 10.4 Å². The number of carbonyl (C=O) groups is 3. The number of Topliss-reactive ketones (excluding diaryl/α,β-unsaturated/α-hetero) is 1. The normalized spacial score (nSPS) is 10.6. The van der Waals surface area contributed by atoms with Gasteiger partial charge in [-0.05, 0) is 12.0 Å². The van der Waals surface area contributed by atoms with E-state index in [9.17, 15) is 14.4 Å². The highest BCUT2D eigenvalue weighted by atomic mass is 16.4. The number of unbranched alkanes of at least 4 members (excludes halogenated alkanes) is 2. The van der Waals surface area contributed by atoms with E-state index in [4.69, 9.17) is 5.11 Å². The zero-order valence-electron chi connectivity index (χ0n) is 14.2. The summed E-state index contributed by atoms with van der Waals surface area (Å²) < 4.78 is 0. The number of aliphatic carboxylic acids is 1. The first kappa shape index (κ1) is 19.8. The minimum atomic E-state index is -1.05. The number of hydrogen-bond donors (Lipinski definition) is 2. The van der Waals surface area contributed by atoms with Crippen molar-refractivity contribution < 1.29 is 19.5 Å².